The molecule has 40 heavy (non-hydrogen) atoms. The summed E-state index contributed by atoms with van der Waals surface area (Å²) in [5.41, 5.74) is 3.61. The highest BCUT2D eigenvalue weighted by molar-refractivity contribution is 6.04. The summed E-state index contributed by atoms with van der Waals surface area (Å²) in [4.78, 5) is 26.1. The van der Waals surface area contributed by atoms with Crippen LogP contribution in [0, 0.1) is 0 Å². The van der Waals surface area contributed by atoms with Crippen LogP contribution < -0.4 is 0 Å². The Morgan fingerprint density at radius 3 is 2.08 bits per heavy atom. The summed E-state index contributed by atoms with van der Waals surface area (Å²) in [7, 11) is 0. The molecule has 0 saturated carbocycles. The Bertz CT molecular complexity index is 1530. The number of alkyl halides is 3. The van der Waals surface area contributed by atoms with Crippen LogP contribution in [0.5, 0.6) is 0 Å². The summed E-state index contributed by atoms with van der Waals surface area (Å²) in [6, 6.07) is 21.9. The molecule has 1 heterocycles. The number of piperidine rings is 1. The van der Waals surface area contributed by atoms with Crippen molar-refractivity contribution in [2.75, 3.05) is 13.1 Å². The largest absolute Gasteiger partial charge is 0.478 e. The van der Waals surface area contributed by atoms with Crippen molar-refractivity contribution >= 4 is 22.6 Å². The highest BCUT2D eigenvalue weighted by atomic mass is 19.4. The maximum Gasteiger partial charge on any atom is 0.416 e. The number of likely N-dealkylation sites (tertiary alicyclic amines) is 1. The maximum atomic E-state index is 13.0. The molecule has 0 spiro atoms. The van der Waals surface area contributed by atoms with E-state index in [2.05, 4.69) is 12.1 Å². The highest BCUT2D eigenvalue weighted by Crippen LogP contribution is 2.36. The Morgan fingerprint density at radius 2 is 1.48 bits per heavy atom. The lowest BCUT2D eigenvalue weighted by Gasteiger charge is -2.32. The van der Waals surface area contributed by atoms with Gasteiger partial charge in [-0.1, -0.05) is 55.5 Å². The van der Waals surface area contributed by atoms with E-state index in [0.717, 1.165) is 61.0 Å². The minimum Gasteiger partial charge on any atom is -0.478 e. The summed E-state index contributed by atoms with van der Waals surface area (Å²) in [5.74, 6) is -0.458. The number of carbonyl (C=O) groups excluding carboxylic acids is 1. The van der Waals surface area contributed by atoms with Crippen LogP contribution in [-0.2, 0) is 11.0 Å². The zero-order chi connectivity index (χ0) is 28.4. The van der Waals surface area contributed by atoms with Crippen molar-refractivity contribution in [3.63, 3.8) is 0 Å². The molecule has 1 amide bonds. The summed E-state index contributed by atoms with van der Waals surface area (Å²) in [6.45, 7) is 3.54. The van der Waals surface area contributed by atoms with Crippen molar-refractivity contribution in [2.24, 2.45) is 0 Å². The molecule has 0 atom stereocenters. The SMILES string of the molecule is CCCC(=O)N1CCC(c2ccc(-c3cc(C(=O)O)cc4cc(-c5ccc(C(F)(F)F)cc5)ccc34)cc2)CC1. The number of carboxylic acid groups (broad SMARTS) is 1. The smallest absolute Gasteiger partial charge is 0.416 e. The predicted molar refractivity (Wildman–Crippen MR) is 150 cm³/mol. The molecule has 0 bridgehead atoms. The molecule has 4 aromatic rings. The number of carbonyl (C=O) groups is 2. The second kappa shape index (κ2) is 11.2. The Hall–Kier alpha value is -4.13. The first-order valence-electron chi connectivity index (χ1n) is 13.5. The van der Waals surface area contributed by atoms with E-state index in [1.54, 1.807) is 12.1 Å². The van der Waals surface area contributed by atoms with Gasteiger partial charge in [0.2, 0.25) is 5.91 Å². The molecule has 1 fully saturated rings. The number of amides is 1. The van der Waals surface area contributed by atoms with E-state index in [-0.39, 0.29) is 11.5 Å². The van der Waals surface area contributed by atoms with Crippen molar-refractivity contribution in [2.45, 2.75) is 44.7 Å². The van der Waals surface area contributed by atoms with Crippen molar-refractivity contribution in [3.05, 3.63) is 95.6 Å². The van der Waals surface area contributed by atoms with Gasteiger partial charge in [-0.05, 0) is 94.1 Å². The lowest BCUT2D eigenvalue weighted by atomic mass is 9.87. The fourth-order valence-electron chi connectivity index (χ4n) is 5.53. The zero-order valence-electron chi connectivity index (χ0n) is 22.2. The van der Waals surface area contributed by atoms with E-state index in [9.17, 15) is 27.9 Å². The van der Waals surface area contributed by atoms with Crippen LogP contribution in [0.1, 0.15) is 60.0 Å². The van der Waals surface area contributed by atoms with Crippen LogP contribution in [0.2, 0.25) is 0 Å². The molecule has 0 unspecified atom stereocenters. The van der Waals surface area contributed by atoms with E-state index in [1.165, 1.54) is 17.7 Å². The Labute approximate surface area is 231 Å². The molecule has 7 heteroatoms. The Balaban J connectivity index is 1.43. The van der Waals surface area contributed by atoms with Crippen LogP contribution >= 0.6 is 0 Å². The van der Waals surface area contributed by atoms with E-state index < -0.39 is 17.7 Å². The molecule has 206 valence electrons. The molecule has 4 nitrogen and oxygen atoms in total. The van der Waals surface area contributed by atoms with E-state index in [4.69, 9.17) is 0 Å². The van der Waals surface area contributed by atoms with Gasteiger partial charge in [0.15, 0.2) is 0 Å². The second-order valence-corrected chi connectivity index (χ2v) is 10.4. The molecule has 0 aliphatic carbocycles. The third kappa shape index (κ3) is 5.74. The third-order valence-electron chi connectivity index (χ3n) is 7.75. The molecule has 0 aromatic heterocycles. The number of aromatic carboxylic acids is 1. The standard InChI is InChI=1S/C33H30F3NO3/c1-2-3-31(38)37-16-14-23(15-17-37)21-4-6-24(7-5-21)30-20-27(32(39)40)19-26-18-25(10-13-29(26)30)22-8-11-28(12-9-22)33(34,35)36/h4-13,18-20,23H,2-3,14-17H2,1H3,(H,39,40). The van der Waals surface area contributed by atoms with Gasteiger partial charge in [-0.15, -0.1) is 0 Å². The van der Waals surface area contributed by atoms with Gasteiger partial charge in [-0.2, -0.15) is 13.2 Å². The van der Waals surface area contributed by atoms with Gasteiger partial charge in [0, 0.05) is 19.5 Å². The van der Waals surface area contributed by atoms with Gasteiger partial charge in [0.25, 0.3) is 0 Å². The van der Waals surface area contributed by atoms with E-state index in [1.807, 2.05) is 42.2 Å². The van der Waals surface area contributed by atoms with Crippen LogP contribution in [0.25, 0.3) is 33.0 Å². The van der Waals surface area contributed by atoms with Gasteiger partial charge in [0.1, 0.15) is 0 Å². The fourth-order valence-corrected chi connectivity index (χ4v) is 5.53. The molecular weight excluding hydrogens is 515 g/mol. The number of benzene rings is 4. The second-order valence-electron chi connectivity index (χ2n) is 10.4. The number of rotatable bonds is 6. The summed E-state index contributed by atoms with van der Waals surface area (Å²) >= 11 is 0. The van der Waals surface area contributed by atoms with Crippen molar-refractivity contribution in [3.8, 4) is 22.3 Å². The lowest BCUT2D eigenvalue weighted by Crippen LogP contribution is -2.37. The van der Waals surface area contributed by atoms with Crippen LogP contribution in [-0.4, -0.2) is 35.0 Å². The normalized spacial score (nSPS) is 14.4. The number of fused-ring (bicyclic) bond motifs is 1. The Morgan fingerprint density at radius 1 is 0.850 bits per heavy atom. The van der Waals surface area contributed by atoms with Gasteiger partial charge < -0.3 is 10.0 Å². The van der Waals surface area contributed by atoms with E-state index in [0.29, 0.717) is 28.9 Å². The quantitative estimate of drug-likeness (QED) is 0.265. The lowest BCUT2D eigenvalue weighted by molar-refractivity contribution is -0.137. The molecule has 5 rings (SSSR count). The molecule has 1 aliphatic heterocycles. The minimum atomic E-state index is -4.41. The topological polar surface area (TPSA) is 57.6 Å². The predicted octanol–water partition coefficient (Wildman–Crippen LogP) is 8.40. The molecular formula is C33H30F3NO3. The van der Waals surface area contributed by atoms with Crippen molar-refractivity contribution < 1.29 is 27.9 Å². The molecule has 1 saturated heterocycles. The monoisotopic (exact) mass is 545 g/mol. The first kappa shape index (κ1) is 27.4. The number of nitrogens with zero attached hydrogens (tertiary/aromatic N) is 1. The summed E-state index contributed by atoms with van der Waals surface area (Å²) in [6.07, 6.45) is -1.13. The first-order valence-corrected chi connectivity index (χ1v) is 13.5. The minimum absolute atomic E-state index is 0.139. The van der Waals surface area contributed by atoms with Crippen molar-refractivity contribution in [1.29, 1.82) is 0 Å². The van der Waals surface area contributed by atoms with Gasteiger partial charge >= 0.3 is 12.1 Å². The Kier molecular flexibility index (Phi) is 7.66. The summed E-state index contributed by atoms with van der Waals surface area (Å²) in [5, 5.41) is 11.3. The summed E-state index contributed by atoms with van der Waals surface area (Å²) < 4.78 is 39.0. The van der Waals surface area contributed by atoms with E-state index >= 15 is 0 Å². The molecule has 1 aliphatic rings. The molecule has 0 radical (unpaired) electrons. The van der Waals surface area contributed by atoms with Crippen molar-refractivity contribution in [1.82, 2.24) is 4.90 Å². The van der Waals surface area contributed by atoms with Gasteiger partial charge in [-0.25, -0.2) is 4.79 Å². The number of hydrogen-bond donors (Lipinski definition) is 1. The molecule has 1 N–H and O–H groups in total. The zero-order valence-corrected chi connectivity index (χ0v) is 22.2. The highest BCUT2D eigenvalue weighted by Gasteiger charge is 2.30. The van der Waals surface area contributed by atoms with Gasteiger partial charge in [-0.3, -0.25) is 4.79 Å². The first-order chi connectivity index (χ1) is 19.1. The fraction of sp³-hybridized carbons (Fsp3) is 0.273. The van der Waals surface area contributed by atoms with Crippen LogP contribution in [0.3, 0.4) is 0 Å². The third-order valence-corrected chi connectivity index (χ3v) is 7.75. The molecule has 4 aromatic carbocycles. The van der Waals surface area contributed by atoms with Crippen LogP contribution in [0.4, 0.5) is 13.2 Å². The number of carboxylic acids is 1. The average molecular weight is 546 g/mol. The van der Waals surface area contributed by atoms with Gasteiger partial charge in [0.05, 0.1) is 11.1 Å². The number of halogens is 3. The number of hydrogen-bond acceptors (Lipinski definition) is 2. The average Bonchev–Trinajstić information content (AvgIpc) is 2.96. The maximum absolute atomic E-state index is 13.0. The van der Waals surface area contributed by atoms with Crippen LogP contribution in [0.15, 0.2) is 78.9 Å².